The lowest BCUT2D eigenvalue weighted by Crippen LogP contribution is -2.37. The molecule has 0 radical (unpaired) electrons. The van der Waals surface area contributed by atoms with E-state index in [1.54, 1.807) is 0 Å². The third-order valence-corrected chi connectivity index (χ3v) is 3.99. The molecule has 0 amide bonds. The van der Waals surface area contributed by atoms with E-state index >= 15 is 0 Å². The molecule has 1 aromatic rings. The topological polar surface area (TPSA) is 23.5 Å². The predicted octanol–water partition coefficient (Wildman–Crippen LogP) is 3.02. The molecule has 0 aliphatic carbocycles. The molecule has 2 heteroatoms. The highest BCUT2D eigenvalue weighted by molar-refractivity contribution is 5.21. The zero-order valence-corrected chi connectivity index (χ0v) is 11.6. The van der Waals surface area contributed by atoms with Gasteiger partial charge in [-0.15, -0.1) is 0 Å². The van der Waals surface area contributed by atoms with Crippen LogP contribution in [0.25, 0.3) is 0 Å². The highest BCUT2D eigenvalue weighted by Crippen LogP contribution is 2.26. The van der Waals surface area contributed by atoms with E-state index in [4.69, 9.17) is 0 Å². The monoisotopic (exact) mass is 247 g/mol. The average Bonchev–Trinajstić information content (AvgIpc) is 2.77. The molecule has 1 saturated heterocycles. The fraction of sp³-hybridized carbons (Fsp3) is 0.625. The Morgan fingerprint density at radius 3 is 2.72 bits per heavy atom. The van der Waals surface area contributed by atoms with Gasteiger partial charge in [-0.2, -0.15) is 0 Å². The Hall–Kier alpha value is -0.860. The van der Waals surface area contributed by atoms with Gasteiger partial charge in [0.2, 0.25) is 0 Å². The van der Waals surface area contributed by atoms with Crippen LogP contribution in [0.3, 0.4) is 0 Å². The van der Waals surface area contributed by atoms with E-state index in [1.807, 2.05) is 37.3 Å². The first-order valence-corrected chi connectivity index (χ1v) is 7.12. The molecule has 2 atom stereocenters. The van der Waals surface area contributed by atoms with E-state index in [2.05, 4.69) is 11.8 Å². The quantitative estimate of drug-likeness (QED) is 0.864. The molecule has 2 rings (SSSR count). The molecule has 18 heavy (non-hydrogen) atoms. The molecule has 0 spiro atoms. The summed E-state index contributed by atoms with van der Waals surface area (Å²) in [5, 5.41) is 10.6. The SMILES string of the molecule is CCCC1CCN(CC(C)(O)c2ccccc2)C1. The first-order valence-electron chi connectivity index (χ1n) is 7.12. The van der Waals surface area contributed by atoms with E-state index < -0.39 is 5.60 Å². The van der Waals surface area contributed by atoms with Crippen LogP contribution in [-0.4, -0.2) is 29.6 Å². The van der Waals surface area contributed by atoms with E-state index in [9.17, 15) is 5.11 Å². The highest BCUT2D eigenvalue weighted by atomic mass is 16.3. The van der Waals surface area contributed by atoms with Crippen LogP contribution < -0.4 is 0 Å². The maximum Gasteiger partial charge on any atom is 0.0994 e. The lowest BCUT2D eigenvalue weighted by molar-refractivity contribution is 0.0216. The molecule has 100 valence electrons. The van der Waals surface area contributed by atoms with Gasteiger partial charge >= 0.3 is 0 Å². The minimum absolute atomic E-state index is 0.734. The molecule has 2 unspecified atom stereocenters. The Balaban J connectivity index is 1.93. The van der Waals surface area contributed by atoms with Crippen molar-refractivity contribution in [2.45, 2.75) is 38.7 Å². The van der Waals surface area contributed by atoms with E-state index in [-0.39, 0.29) is 0 Å². The maximum atomic E-state index is 10.6. The zero-order chi connectivity index (χ0) is 13.0. The lowest BCUT2D eigenvalue weighted by atomic mass is 9.95. The van der Waals surface area contributed by atoms with Crippen LogP contribution in [0.1, 0.15) is 38.7 Å². The number of likely N-dealkylation sites (tertiary alicyclic amines) is 1. The molecule has 1 fully saturated rings. The molecule has 1 aliphatic rings. The van der Waals surface area contributed by atoms with Crippen LogP contribution in [0.15, 0.2) is 30.3 Å². The molecule has 1 aliphatic heterocycles. The Kier molecular flexibility index (Phi) is 4.41. The van der Waals surface area contributed by atoms with Crippen molar-refractivity contribution in [3.05, 3.63) is 35.9 Å². The van der Waals surface area contributed by atoms with Crippen molar-refractivity contribution >= 4 is 0 Å². The first kappa shape index (κ1) is 13.6. The lowest BCUT2D eigenvalue weighted by Gasteiger charge is -2.29. The van der Waals surface area contributed by atoms with Gasteiger partial charge in [-0.25, -0.2) is 0 Å². The van der Waals surface area contributed by atoms with Gasteiger partial charge in [0, 0.05) is 13.1 Å². The molecule has 1 heterocycles. The van der Waals surface area contributed by atoms with Crippen LogP contribution >= 0.6 is 0 Å². The molecular weight excluding hydrogens is 222 g/mol. The molecule has 2 nitrogen and oxygen atoms in total. The van der Waals surface area contributed by atoms with Gasteiger partial charge in [-0.1, -0.05) is 43.7 Å². The zero-order valence-electron chi connectivity index (χ0n) is 11.6. The molecule has 0 saturated carbocycles. The third-order valence-electron chi connectivity index (χ3n) is 3.99. The summed E-state index contributed by atoms with van der Waals surface area (Å²) < 4.78 is 0. The van der Waals surface area contributed by atoms with Gasteiger partial charge in [0.05, 0.1) is 5.60 Å². The van der Waals surface area contributed by atoms with Crippen molar-refractivity contribution in [3.63, 3.8) is 0 Å². The second-order valence-electron chi connectivity index (χ2n) is 5.82. The summed E-state index contributed by atoms with van der Waals surface area (Å²) in [5.74, 6) is 0.835. The fourth-order valence-corrected chi connectivity index (χ4v) is 3.02. The number of hydrogen-bond donors (Lipinski definition) is 1. The fourth-order valence-electron chi connectivity index (χ4n) is 3.02. The Labute approximate surface area is 111 Å². The second-order valence-corrected chi connectivity index (χ2v) is 5.82. The van der Waals surface area contributed by atoms with Gasteiger partial charge in [0.1, 0.15) is 0 Å². The molecule has 1 aromatic carbocycles. The number of hydrogen-bond acceptors (Lipinski definition) is 2. The van der Waals surface area contributed by atoms with Crippen molar-refractivity contribution in [2.75, 3.05) is 19.6 Å². The van der Waals surface area contributed by atoms with E-state index in [0.29, 0.717) is 0 Å². The van der Waals surface area contributed by atoms with Crippen molar-refractivity contribution in [2.24, 2.45) is 5.92 Å². The van der Waals surface area contributed by atoms with E-state index in [0.717, 1.165) is 31.1 Å². The number of rotatable bonds is 5. The van der Waals surface area contributed by atoms with Crippen molar-refractivity contribution in [1.29, 1.82) is 0 Å². The van der Waals surface area contributed by atoms with Gasteiger partial charge in [-0.3, -0.25) is 4.90 Å². The summed E-state index contributed by atoms with van der Waals surface area (Å²) in [6.45, 7) is 7.21. The normalized spacial score (nSPS) is 24.1. The summed E-state index contributed by atoms with van der Waals surface area (Å²) in [7, 11) is 0. The Morgan fingerprint density at radius 1 is 1.33 bits per heavy atom. The highest BCUT2D eigenvalue weighted by Gasteiger charge is 2.30. The van der Waals surface area contributed by atoms with Crippen molar-refractivity contribution in [1.82, 2.24) is 4.90 Å². The minimum Gasteiger partial charge on any atom is -0.384 e. The van der Waals surface area contributed by atoms with Crippen molar-refractivity contribution < 1.29 is 5.11 Å². The second kappa shape index (κ2) is 5.85. The van der Waals surface area contributed by atoms with Crippen LogP contribution in [0.2, 0.25) is 0 Å². The maximum absolute atomic E-state index is 10.6. The predicted molar refractivity (Wildman–Crippen MR) is 75.5 cm³/mol. The number of β-amino-alcohol motifs (C(OH)–C–C–N with tert-alkyl or cyclic N) is 1. The average molecular weight is 247 g/mol. The van der Waals surface area contributed by atoms with Gasteiger partial charge in [-0.05, 0) is 37.8 Å². The van der Waals surface area contributed by atoms with Gasteiger partial charge < -0.3 is 5.11 Å². The van der Waals surface area contributed by atoms with Crippen LogP contribution in [0.4, 0.5) is 0 Å². The summed E-state index contributed by atoms with van der Waals surface area (Å²) in [6, 6.07) is 10.0. The van der Waals surface area contributed by atoms with Crippen molar-refractivity contribution in [3.8, 4) is 0 Å². The number of benzene rings is 1. The third kappa shape index (κ3) is 3.33. The minimum atomic E-state index is -0.734. The number of nitrogens with zero attached hydrogens (tertiary/aromatic N) is 1. The largest absolute Gasteiger partial charge is 0.384 e. The summed E-state index contributed by atoms with van der Waals surface area (Å²) in [6.07, 6.45) is 3.89. The smallest absolute Gasteiger partial charge is 0.0994 e. The Morgan fingerprint density at radius 2 is 2.06 bits per heavy atom. The Bertz CT molecular complexity index is 361. The molecule has 0 bridgehead atoms. The van der Waals surface area contributed by atoms with Gasteiger partial charge in [0.15, 0.2) is 0 Å². The van der Waals surface area contributed by atoms with Gasteiger partial charge in [0.25, 0.3) is 0 Å². The molecular formula is C16H25NO. The standard InChI is InChI=1S/C16H25NO/c1-3-7-14-10-11-17(12-14)13-16(2,18)15-8-5-4-6-9-15/h4-6,8-9,14,18H,3,7,10-13H2,1-2H3. The number of aliphatic hydroxyl groups is 1. The van der Waals surface area contributed by atoms with Crippen LogP contribution in [0, 0.1) is 5.92 Å². The summed E-state index contributed by atoms with van der Waals surface area (Å²) in [5.41, 5.74) is 0.284. The van der Waals surface area contributed by atoms with E-state index in [1.165, 1.54) is 19.3 Å². The van der Waals surface area contributed by atoms with Crippen LogP contribution in [-0.2, 0) is 5.60 Å². The molecule has 0 aromatic heterocycles. The molecule has 1 N–H and O–H groups in total. The first-order chi connectivity index (χ1) is 8.62. The summed E-state index contributed by atoms with van der Waals surface area (Å²) in [4.78, 5) is 2.41. The summed E-state index contributed by atoms with van der Waals surface area (Å²) >= 11 is 0. The van der Waals surface area contributed by atoms with Crippen LogP contribution in [0.5, 0.6) is 0 Å².